The van der Waals surface area contributed by atoms with Crippen LogP contribution in [0.1, 0.15) is 65.2 Å². The lowest BCUT2D eigenvalue weighted by molar-refractivity contribution is -0.159. The third-order valence-corrected chi connectivity index (χ3v) is 8.17. The average Bonchev–Trinajstić information content (AvgIpc) is 2.92. The molecule has 6 atom stereocenters. The van der Waals surface area contributed by atoms with E-state index in [1.807, 2.05) is 0 Å². The van der Waals surface area contributed by atoms with Crippen molar-refractivity contribution in [3.8, 4) is 0 Å². The molecule has 3 aliphatic rings. The highest BCUT2D eigenvalue weighted by molar-refractivity contribution is 5.87. The molecular formula is C21H32O5. The van der Waals surface area contributed by atoms with Gasteiger partial charge in [-0.2, -0.15) is 0 Å². The van der Waals surface area contributed by atoms with Crippen LogP contribution < -0.4 is 0 Å². The zero-order chi connectivity index (χ0) is 19.1. The second kappa shape index (κ2) is 6.97. The molecule has 0 aromatic rings. The van der Waals surface area contributed by atoms with E-state index >= 15 is 0 Å². The van der Waals surface area contributed by atoms with Crippen LogP contribution in [0.25, 0.3) is 0 Å². The van der Waals surface area contributed by atoms with Gasteiger partial charge in [0.15, 0.2) is 0 Å². The molecule has 3 saturated carbocycles. The molecule has 0 saturated heterocycles. The first-order chi connectivity index (χ1) is 12.3. The van der Waals surface area contributed by atoms with Gasteiger partial charge in [-0.1, -0.05) is 13.8 Å². The van der Waals surface area contributed by atoms with Crippen molar-refractivity contribution >= 4 is 17.7 Å². The first kappa shape index (κ1) is 19.4. The molecule has 5 nitrogen and oxygen atoms in total. The van der Waals surface area contributed by atoms with Crippen molar-refractivity contribution in [2.45, 2.75) is 65.2 Å². The minimum atomic E-state index is -0.281. The molecule has 0 radical (unpaired) electrons. The van der Waals surface area contributed by atoms with E-state index in [9.17, 15) is 14.4 Å². The maximum absolute atomic E-state index is 12.5. The Balaban J connectivity index is 1.91. The molecule has 0 aliphatic heterocycles. The quantitative estimate of drug-likeness (QED) is 0.714. The van der Waals surface area contributed by atoms with E-state index in [4.69, 9.17) is 9.47 Å². The fourth-order valence-electron chi connectivity index (χ4n) is 6.58. The molecule has 0 bridgehead atoms. The molecule has 146 valence electrons. The van der Waals surface area contributed by atoms with Crippen LogP contribution >= 0.6 is 0 Å². The zero-order valence-electron chi connectivity index (χ0n) is 16.5. The number of fused-ring (bicyclic) bond motifs is 3. The third-order valence-electron chi connectivity index (χ3n) is 8.17. The van der Waals surface area contributed by atoms with E-state index in [0.29, 0.717) is 42.8 Å². The second-order valence-corrected chi connectivity index (χ2v) is 9.11. The number of carbonyl (C=O) groups is 3. The van der Waals surface area contributed by atoms with Crippen LogP contribution in [0.5, 0.6) is 0 Å². The van der Waals surface area contributed by atoms with Crippen LogP contribution in [0.2, 0.25) is 0 Å². The van der Waals surface area contributed by atoms with Crippen LogP contribution in [-0.4, -0.2) is 31.9 Å². The fraction of sp³-hybridized carbons (Fsp3) is 0.857. The smallest absolute Gasteiger partial charge is 0.306 e. The number of ketones is 1. The molecule has 0 aromatic carbocycles. The first-order valence-electron chi connectivity index (χ1n) is 9.93. The second-order valence-electron chi connectivity index (χ2n) is 9.11. The topological polar surface area (TPSA) is 69.7 Å². The minimum absolute atomic E-state index is 0.122. The number of Topliss-reactive ketones (excluding diaryl/α,β-unsaturated/α-hetero) is 1. The Kier molecular flexibility index (Phi) is 5.19. The Morgan fingerprint density at radius 2 is 1.69 bits per heavy atom. The summed E-state index contributed by atoms with van der Waals surface area (Å²) in [4.78, 5) is 36.7. The molecule has 5 heteroatoms. The van der Waals surface area contributed by atoms with E-state index in [-0.39, 0.29) is 28.7 Å². The maximum atomic E-state index is 12.5. The van der Waals surface area contributed by atoms with Crippen LogP contribution in [-0.2, 0) is 23.9 Å². The first-order valence-corrected chi connectivity index (χ1v) is 9.93. The number of esters is 2. The standard InChI is InChI=1S/C21H32O5/c1-20-10-9-16-14(15(20)7-8-17(20)22)6-5-13(11-18(23)25-3)21(16,2)12-19(24)26-4/h13-16H,5-12H2,1-4H3/t13-,14-,15-,16-,20-,21-/m0/s1. The molecule has 0 aromatic heterocycles. The molecule has 0 N–H and O–H groups in total. The Labute approximate surface area is 156 Å². The fourth-order valence-corrected chi connectivity index (χ4v) is 6.58. The molecule has 0 spiro atoms. The van der Waals surface area contributed by atoms with E-state index < -0.39 is 0 Å². The van der Waals surface area contributed by atoms with Gasteiger partial charge in [-0.15, -0.1) is 0 Å². The third kappa shape index (κ3) is 2.97. The minimum Gasteiger partial charge on any atom is -0.469 e. The van der Waals surface area contributed by atoms with Crippen molar-refractivity contribution in [2.75, 3.05) is 14.2 Å². The summed E-state index contributed by atoms with van der Waals surface area (Å²) in [5.74, 6) is 1.37. The normalized spacial score (nSPS) is 41.9. The molecule has 3 fully saturated rings. The maximum Gasteiger partial charge on any atom is 0.306 e. The van der Waals surface area contributed by atoms with Crippen LogP contribution in [0, 0.1) is 34.5 Å². The summed E-state index contributed by atoms with van der Waals surface area (Å²) < 4.78 is 9.91. The van der Waals surface area contributed by atoms with Crippen molar-refractivity contribution in [1.82, 2.24) is 0 Å². The summed E-state index contributed by atoms with van der Waals surface area (Å²) in [5, 5.41) is 0. The SMILES string of the molecule is COC(=O)C[C@@H]1CC[C@@H]2[C@H](CC[C@]3(C)C(=O)CC[C@@H]23)[C@@]1(C)CC(=O)OC. The number of rotatable bonds is 4. The lowest BCUT2D eigenvalue weighted by atomic mass is 9.46. The van der Waals surface area contributed by atoms with Crippen molar-refractivity contribution < 1.29 is 23.9 Å². The van der Waals surface area contributed by atoms with Gasteiger partial charge < -0.3 is 9.47 Å². The summed E-state index contributed by atoms with van der Waals surface area (Å²) in [5.41, 5.74) is -0.459. The molecule has 0 amide bonds. The Morgan fingerprint density at radius 1 is 1.00 bits per heavy atom. The molecular weight excluding hydrogens is 332 g/mol. The van der Waals surface area contributed by atoms with Gasteiger partial charge in [0.1, 0.15) is 5.78 Å². The van der Waals surface area contributed by atoms with Crippen molar-refractivity contribution in [1.29, 1.82) is 0 Å². The van der Waals surface area contributed by atoms with E-state index in [1.54, 1.807) is 0 Å². The predicted octanol–water partition coefficient (Wildman–Crippen LogP) is 3.54. The summed E-state index contributed by atoms with van der Waals surface area (Å²) in [6.45, 7) is 4.31. The number of hydrogen-bond acceptors (Lipinski definition) is 5. The van der Waals surface area contributed by atoms with Crippen molar-refractivity contribution in [3.63, 3.8) is 0 Å². The monoisotopic (exact) mass is 364 g/mol. The van der Waals surface area contributed by atoms with Crippen LogP contribution in [0.15, 0.2) is 0 Å². The Hall–Kier alpha value is -1.39. The van der Waals surface area contributed by atoms with Gasteiger partial charge in [0.05, 0.1) is 20.6 Å². The Morgan fingerprint density at radius 3 is 2.35 bits per heavy atom. The van der Waals surface area contributed by atoms with Gasteiger partial charge in [0, 0.05) is 18.3 Å². The summed E-state index contributed by atoms with van der Waals surface area (Å²) in [7, 11) is 2.84. The van der Waals surface area contributed by atoms with Crippen molar-refractivity contribution in [2.24, 2.45) is 34.5 Å². The van der Waals surface area contributed by atoms with Gasteiger partial charge in [-0.3, -0.25) is 14.4 Å². The van der Waals surface area contributed by atoms with Gasteiger partial charge >= 0.3 is 11.9 Å². The zero-order valence-corrected chi connectivity index (χ0v) is 16.5. The van der Waals surface area contributed by atoms with Crippen molar-refractivity contribution in [3.05, 3.63) is 0 Å². The van der Waals surface area contributed by atoms with E-state index in [2.05, 4.69) is 13.8 Å². The molecule has 0 unspecified atom stereocenters. The summed E-state index contributed by atoms with van der Waals surface area (Å²) in [6.07, 6.45) is 6.17. The number of carbonyl (C=O) groups excluding carboxylic acids is 3. The number of hydrogen-bond donors (Lipinski definition) is 0. The molecule has 0 heterocycles. The van der Waals surface area contributed by atoms with Gasteiger partial charge in [0.25, 0.3) is 0 Å². The van der Waals surface area contributed by atoms with E-state index in [0.717, 1.165) is 32.1 Å². The number of ether oxygens (including phenoxy) is 2. The summed E-state index contributed by atoms with van der Waals surface area (Å²) >= 11 is 0. The van der Waals surface area contributed by atoms with Crippen LogP contribution in [0.3, 0.4) is 0 Å². The lowest BCUT2D eigenvalue weighted by Crippen LogP contribution is -2.53. The van der Waals surface area contributed by atoms with Crippen LogP contribution in [0.4, 0.5) is 0 Å². The largest absolute Gasteiger partial charge is 0.469 e. The lowest BCUT2D eigenvalue weighted by Gasteiger charge is -2.57. The predicted molar refractivity (Wildman–Crippen MR) is 96.1 cm³/mol. The highest BCUT2D eigenvalue weighted by Crippen LogP contribution is 2.64. The molecule has 3 aliphatic carbocycles. The van der Waals surface area contributed by atoms with E-state index in [1.165, 1.54) is 14.2 Å². The average molecular weight is 364 g/mol. The summed E-state index contributed by atoms with van der Waals surface area (Å²) in [6, 6.07) is 0. The van der Waals surface area contributed by atoms with Gasteiger partial charge in [-0.25, -0.2) is 0 Å². The van der Waals surface area contributed by atoms with Gasteiger partial charge in [-0.05, 0) is 61.2 Å². The highest BCUT2D eigenvalue weighted by Gasteiger charge is 2.60. The molecule has 3 rings (SSSR count). The number of methoxy groups -OCH3 is 2. The highest BCUT2D eigenvalue weighted by atomic mass is 16.5. The molecule has 26 heavy (non-hydrogen) atoms. The Bertz CT molecular complexity index is 599. The van der Waals surface area contributed by atoms with Gasteiger partial charge in [0.2, 0.25) is 0 Å².